The standard InChI is InChI=1S/C35H44O13/c1-16-25(48-30(42)21-12-10-9-11-13-21)24-29(46-19(4)38)34(15-44-17(2)36)14-22-23(27(41)32(6,7)26(22)40)33(34,8)31(47-20(5)39)35(24,43)28(16)45-18(3)37/h9-13,16,22-25,27-29,31,41,43H,14-15H2,1-8H3/t16-,22?,23+,24-,25+,27-,28-,29-,31-,33-,34-,35+/m1/s1. The van der Waals surface area contributed by atoms with Gasteiger partial charge in [0.2, 0.25) is 0 Å². The van der Waals surface area contributed by atoms with Gasteiger partial charge in [-0.3, -0.25) is 24.0 Å². The molecule has 0 heterocycles. The van der Waals surface area contributed by atoms with Crippen LogP contribution in [0.25, 0.3) is 0 Å². The van der Waals surface area contributed by atoms with Crippen LogP contribution < -0.4 is 0 Å². The fourth-order valence-corrected chi connectivity index (χ4v) is 9.76. The van der Waals surface area contributed by atoms with Crippen molar-refractivity contribution in [2.75, 3.05) is 6.61 Å². The number of carbonyl (C=O) groups is 6. The Labute approximate surface area is 278 Å². The van der Waals surface area contributed by atoms with Crippen molar-refractivity contribution in [2.24, 2.45) is 39.9 Å². The maximum absolute atomic E-state index is 14.0. The van der Waals surface area contributed by atoms with Crippen LogP contribution >= 0.6 is 0 Å². The smallest absolute Gasteiger partial charge is 0.338 e. The Kier molecular flexibility index (Phi) is 8.82. The average molecular weight is 673 g/mol. The first kappa shape index (κ1) is 35.5. The molecule has 262 valence electrons. The molecular formula is C35H44O13. The molecule has 0 radical (unpaired) electrons. The van der Waals surface area contributed by atoms with Crippen LogP contribution in [-0.2, 0) is 47.7 Å². The number of aliphatic hydroxyl groups excluding tert-OH is 1. The molecule has 4 fully saturated rings. The molecule has 13 nitrogen and oxygen atoms in total. The van der Waals surface area contributed by atoms with Gasteiger partial charge < -0.3 is 33.9 Å². The van der Waals surface area contributed by atoms with Gasteiger partial charge in [0.1, 0.15) is 42.4 Å². The maximum Gasteiger partial charge on any atom is 0.338 e. The summed E-state index contributed by atoms with van der Waals surface area (Å²) >= 11 is 0. The highest BCUT2D eigenvalue weighted by atomic mass is 16.6. The van der Waals surface area contributed by atoms with Gasteiger partial charge in [0.05, 0.1) is 23.0 Å². The van der Waals surface area contributed by atoms with Gasteiger partial charge in [-0.15, -0.1) is 0 Å². The predicted molar refractivity (Wildman–Crippen MR) is 163 cm³/mol. The number of Topliss-reactive ketones (excluding diaryl/α,β-unsaturated/α-hetero) is 1. The highest BCUT2D eigenvalue weighted by Gasteiger charge is 2.87. The van der Waals surface area contributed by atoms with Gasteiger partial charge in [0.15, 0.2) is 0 Å². The second-order valence-electron chi connectivity index (χ2n) is 14.6. The van der Waals surface area contributed by atoms with Crippen molar-refractivity contribution < 1.29 is 62.7 Å². The lowest BCUT2D eigenvalue weighted by molar-refractivity contribution is -0.312. The van der Waals surface area contributed by atoms with Crippen LogP contribution in [0.3, 0.4) is 0 Å². The number of fused-ring (bicyclic) bond motifs is 4. The molecule has 5 rings (SSSR count). The Hall–Kier alpha value is -3.84. The van der Waals surface area contributed by atoms with Crippen molar-refractivity contribution in [3.05, 3.63) is 35.9 Å². The molecule has 48 heavy (non-hydrogen) atoms. The van der Waals surface area contributed by atoms with E-state index in [4.69, 9.17) is 23.7 Å². The summed E-state index contributed by atoms with van der Waals surface area (Å²) in [6.07, 6.45) is -7.40. The van der Waals surface area contributed by atoms with E-state index in [0.717, 1.165) is 20.8 Å². The lowest BCUT2D eigenvalue weighted by atomic mass is 9.46. The molecule has 1 aromatic rings. The zero-order chi connectivity index (χ0) is 35.7. The van der Waals surface area contributed by atoms with Gasteiger partial charge >= 0.3 is 29.8 Å². The minimum absolute atomic E-state index is 0.102. The average Bonchev–Trinajstić information content (AvgIpc) is 3.45. The minimum atomic E-state index is -2.42. The molecular weight excluding hydrogens is 628 g/mol. The van der Waals surface area contributed by atoms with Crippen LogP contribution in [0.15, 0.2) is 30.3 Å². The van der Waals surface area contributed by atoms with E-state index in [9.17, 15) is 39.0 Å². The summed E-state index contributed by atoms with van der Waals surface area (Å²) in [5.41, 5.74) is -6.76. The summed E-state index contributed by atoms with van der Waals surface area (Å²) in [6, 6.07) is 8.02. The van der Waals surface area contributed by atoms with Crippen LogP contribution in [0, 0.1) is 39.9 Å². The molecule has 0 bridgehead atoms. The van der Waals surface area contributed by atoms with Gasteiger partial charge in [-0.25, -0.2) is 4.79 Å². The number of rotatable bonds is 7. The second-order valence-corrected chi connectivity index (χ2v) is 14.6. The van der Waals surface area contributed by atoms with Crippen molar-refractivity contribution in [3.8, 4) is 0 Å². The molecule has 0 aliphatic heterocycles. The zero-order valence-electron chi connectivity index (χ0n) is 28.4. The molecule has 12 atom stereocenters. The van der Waals surface area contributed by atoms with E-state index in [1.165, 1.54) is 19.1 Å². The number of benzene rings is 1. The molecule has 0 amide bonds. The van der Waals surface area contributed by atoms with Crippen molar-refractivity contribution in [1.82, 2.24) is 0 Å². The molecule has 1 aromatic carbocycles. The van der Waals surface area contributed by atoms with Crippen molar-refractivity contribution in [2.45, 2.75) is 97.9 Å². The maximum atomic E-state index is 14.0. The van der Waals surface area contributed by atoms with Gasteiger partial charge in [-0.1, -0.05) is 45.9 Å². The van der Waals surface area contributed by atoms with E-state index < -0.39 is 112 Å². The summed E-state index contributed by atoms with van der Waals surface area (Å²) in [5, 5.41) is 25.1. The Balaban J connectivity index is 1.83. The second kappa shape index (κ2) is 11.9. The first-order valence-corrected chi connectivity index (χ1v) is 16.1. The summed E-state index contributed by atoms with van der Waals surface area (Å²) in [7, 11) is 0. The summed E-state index contributed by atoms with van der Waals surface area (Å²) in [5.74, 6) is -8.60. The Bertz CT molecular complexity index is 1520. The number of ketones is 1. The molecule has 13 heteroatoms. The molecule has 4 aliphatic carbocycles. The van der Waals surface area contributed by atoms with Gasteiger partial charge in [0.25, 0.3) is 0 Å². The first-order chi connectivity index (χ1) is 22.3. The fourth-order valence-electron chi connectivity index (χ4n) is 9.76. The number of esters is 5. The molecule has 0 aromatic heterocycles. The fraction of sp³-hybridized carbons (Fsp3) is 0.657. The third-order valence-electron chi connectivity index (χ3n) is 11.7. The lowest BCUT2D eigenvalue weighted by Crippen LogP contribution is -2.77. The van der Waals surface area contributed by atoms with Crippen molar-refractivity contribution >= 4 is 35.6 Å². The van der Waals surface area contributed by atoms with E-state index in [2.05, 4.69) is 0 Å². The van der Waals surface area contributed by atoms with E-state index in [1.807, 2.05) is 0 Å². The van der Waals surface area contributed by atoms with Crippen LogP contribution in [0.5, 0.6) is 0 Å². The molecule has 4 saturated carbocycles. The third kappa shape index (κ3) is 4.95. The largest absolute Gasteiger partial charge is 0.465 e. The van der Waals surface area contributed by atoms with E-state index in [-0.39, 0.29) is 17.8 Å². The molecule has 1 unspecified atom stereocenters. The normalized spacial score (nSPS) is 40.5. The number of hydrogen-bond donors (Lipinski definition) is 2. The van der Waals surface area contributed by atoms with Crippen LogP contribution in [0.2, 0.25) is 0 Å². The van der Waals surface area contributed by atoms with Crippen LogP contribution in [-0.4, -0.2) is 88.6 Å². The van der Waals surface area contributed by atoms with E-state index in [0.29, 0.717) is 0 Å². The molecule has 0 spiro atoms. The van der Waals surface area contributed by atoms with Crippen LogP contribution in [0.1, 0.15) is 72.2 Å². The Morgan fingerprint density at radius 1 is 0.812 bits per heavy atom. The Morgan fingerprint density at radius 2 is 1.38 bits per heavy atom. The van der Waals surface area contributed by atoms with Gasteiger partial charge in [-0.05, 0) is 18.6 Å². The predicted octanol–water partition coefficient (Wildman–Crippen LogP) is 2.18. The third-order valence-corrected chi connectivity index (χ3v) is 11.7. The lowest BCUT2D eigenvalue weighted by Gasteiger charge is -2.63. The van der Waals surface area contributed by atoms with Crippen molar-refractivity contribution in [1.29, 1.82) is 0 Å². The highest BCUT2D eigenvalue weighted by molar-refractivity contribution is 5.91. The number of aliphatic hydroxyl groups is 2. The molecule has 0 saturated heterocycles. The van der Waals surface area contributed by atoms with Crippen molar-refractivity contribution in [3.63, 3.8) is 0 Å². The van der Waals surface area contributed by atoms with E-state index in [1.54, 1.807) is 45.9 Å². The number of carbonyl (C=O) groups excluding carboxylic acids is 6. The highest BCUT2D eigenvalue weighted by Crippen LogP contribution is 2.75. The summed E-state index contributed by atoms with van der Waals surface area (Å²) in [6.45, 7) is 10.5. The summed E-state index contributed by atoms with van der Waals surface area (Å²) < 4.78 is 29.7. The zero-order valence-corrected chi connectivity index (χ0v) is 28.4. The topological polar surface area (TPSA) is 189 Å². The minimum Gasteiger partial charge on any atom is -0.465 e. The Morgan fingerprint density at radius 3 is 1.92 bits per heavy atom. The van der Waals surface area contributed by atoms with E-state index >= 15 is 0 Å². The monoisotopic (exact) mass is 672 g/mol. The summed E-state index contributed by atoms with van der Waals surface area (Å²) in [4.78, 5) is 78.7. The van der Waals surface area contributed by atoms with Gasteiger partial charge in [-0.2, -0.15) is 0 Å². The molecule has 4 aliphatic rings. The quantitative estimate of drug-likeness (QED) is 0.317. The number of ether oxygens (including phenoxy) is 5. The van der Waals surface area contributed by atoms with Crippen LogP contribution in [0.4, 0.5) is 0 Å². The molecule has 2 N–H and O–H groups in total. The SMILES string of the molecule is CC(=O)OC[C@@]12CC3C(=O)C(C)(C)[C@H](O)[C@H]3[C@]1(C)[C@@H](OC(C)=O)[C@]1(O)[C@H]([C@@H](OC(=O)c3ccccc3)[C@@H](C)[C@H]1OC(C)=O)[C@H]2OC(C)=O. The van der Waals surface area contributed by atoms with Gasteiger partial charge in [0, 0.05) is 56.3 Å². The number of hydrogen-bond acceptors (Lipinski definition) is 13. The first-order valence-electron chi connectivity index (χ1n) is 16.1.